The number of nitrogens with one attached hydrogen (secondary N) is 2. The van der Waals surface area contributed by atoms with Crippen molar-refractivity contribution in [3.05, 3.63) is 12.5 Å². The van der Waals surface area contributed by atoms with Gasteiger partial charge in [-0.2, -0.15) is 0 Å². The molecule has 1 aliphatic carbocycles. The monoisotopic (exact) mass is 201 g/mol. The molecule has 2 N–H and O–H groups in total. The van der Waals surface area contributed by atoms with Gasteiger partial charge in [-0.05, 0) is 12.8 Å². The van der Waals surface area contributed by atoms with Crippen molar-refractivity contribution in [1.29, 1.82) is 0 Å². The molecular weight excluding hydrogens is 190 g/mol. The van der Waals surface area contributed by atoms with E-state index in [0.717, 1.165) is 19.3 Å². The summed E-state index contributed by atoms with van der Waals surface area (Å²) >= 11 is 0. The van der Waals surface area contributed by atoms with Crippen molar-refractivity contribution in [3.63, 3.8) is 0 Å². The highest BCUT2D eigenvalue weighted by Gasteiger charge is 2.25. The van der Waals surface area contributed by atoms with E-state index in [-0.39, 0.29) is 11.1 Å². The fraction of sp³-hybridized carbons (Fsp3) is 0.571. The third kappa shape index (κ3) is 1.73. The highest BCUT2D eigenvalue weighted by Crippen LogP contribution is 2.20. The number of hydrogen-bond donors (Lipinski definition) is 2. The molecule has 0 aromatic carbocycles. The lowest BCUT2D eigenvalue weighted by atomic mass is 9.94. The summed E-state index contributed by atoms with van der Waals surface area (Å²) in [5.41, 5.74) is 0. The summed E-state index contributed by atoms with van der Waals surface area (Å²) in [5.74, 6) is 0. The van der Waals surface area contributed by atoms with Gasteiger partial charge in [0.15, 0.2) is 5.03 Å². The van der Waals surface area contributed by atoms with Crippen LogP contribution in [-0.2, 0) is 10.0 Å². The van der Waals surface area contributed by atoms with Crippen molar-refractivity contribution in [2.24, 2.45) is 0 Å². The topological polar surface area (TPSA) is 74.8 Å². The predicted molar refractivity (Wildman–Crippen MR) is 46.5 cm³/mol. The summed E-state index contributed by atoms with van der Waals surface area (Å²) in [4.78, 5) is 6.23. The minimum absolute atomic E-state index is 0.119. The number of sulfonamides is 1. The lowest BCUT2D eigenvalue weighted by molar-refractivity contribution is 0.383. The number of rotatable bonds is 3. The van der Waals surface area contributed by atoms with E-state index in [9.17, 15) is 8.42 Å². The molecule has 1 aromatic rings. The smallest absolute Gasteiger partial charge is 0.257 e. The molecular formula is C7H11N3O2S. The Morgan fingerprint density at radius 2 is 2.31 bits per heavy atom. The van der Waals surface area contributed by atoms with Crippen molar-refractivity contribution in [3.8, 4) is 0 Å². The zero-order valence-electron chi connectivity index (χ0n) is 7.03. The van der Waals surface area contributed by atoms with Crippen LogP contribution in [0.1, 0.15) is 19.3 Å². The molecule has 0 saturated heterocycles. The van der Waals surface area contributed by atoms with Crippen molar-refractivity contribution < 1.29 is 8.42 Å². The molecule has 0 amide bonds. The van der Waals surface area contributed by atoms with Crippen LogP contribution in [0.25, 0.3) is 0 Å². The lowest BCUT2D eigenvalue weighted by Gasteiger charge is -2.25. The number of hydrogen-bond acceptors (Lipinski definition) is 3. The molecule has 1 aliphatic rings. The van der Waals surface area contributed by atoms with E-state index in [0.29, 0.717) is 0 Å². The number of imidazole rings is 1. The van der Waals surface area contributed by atoms with E-state index in [1.807, 2.05) is 0 Å². The Morgan fingerprint density at radius 3 is 2.77 bits per heavy atom. The summed E-state index contributed by atoms with van der Waals surface area (Å²) in [6.07, 6.45) is 5.65. The van der Waals surface area contributed by atoms with Gasteiger partial charge in [0.05, 0.1) is 12.5 Å². The number of nitrogens with zero attached hydrogens (tertiary/aromatic N) is 1. The van der Waals surface area contributed by atoms with Crippen LogP contribution in [0.2, 0.25) is 0 Å². The molecule has 0 bridgehead atoms. The minimum Gasteiger partial charge on any atom is -0.335 e. The summed E-state index contributed by atoms with van der Waals surface area (Å²) in [6.45, 7) is 0. The second kappa shape index (κ2) is 3.12. The zero-order valence-corrected chi connectivity index (χ0v) is 7.84. The van der Waals surface area contributed by atoms with E-state index in [1.54, 1.807) is 0 Å². The number of H-pyrrole nitrogens is 1. The van der Waals surface area contributed by atoms with Gasteiger partial charge in [0.1, 0.15) is 0 Å². The largest absolute Gasteiger partial charge is 0.335 e. The van der Waals surface area contributed by atoms with Crippen molar-refractivity contribution in [2.45, 2.75) is 30.3 Å². The maximum atomic E-state index is 11.5. The third-order valence-corrected chi connectivity index (χ3v) is 3.64. The first-order valence-electron chi connectivity index (χ1n) is 4.19. The Balaban J connectivity index is 2.12. The first-order chi connectivity index (χ1) is 6.18. The first kappa shape index (κ1) is 8.71. The summed E-state index contributed by atoms with van der Waals surface area (Å²) in [6, 6.07) is 0.119. The number of aromatic amines is 1. The molecule has 1 saturated carbocycles. The van der Waals surface area contributed by atoms with Gasteiger partial charge in [-0.1, -0.05) is 6.42 Å². The van der Waals surface area contributed by atoms with Gasteiger partial charge in [-0.3, -0.25) is 0 Å². The molecule has 1 heterocycles. The van der Waals surface area contributed by atoms with Crippen LogP contribution in [0.5, 0.6) is 0 Å². The second-order valence-corrected chi connectivity index (χ2v) is 4.85. The molecule has 6 heteroatoms. The fourth-order valence-electron chi connectivity index (χ4n) is 1.20. The average Bonchev–Trinajstić information content (AvgIpc) is 2.49. The van der Waals surface area contributed by atoms with Gasteiger partial charge in [0.25, 0.3) is 10.0 Å². The Bertz CT molecular complexity index is 366. The predicted octanol–water partition coefficient (Wildman–Crippen LogP) is 0.240. The van der Waals surface area contributed by atoms with Crippen LogP contribution in [0.3, 0.4) is 0 Å². The second-order valence-electron chi connectivity index (χ2n) is 3.16. The van der Waals surface area contributed by atoms with Gasteiger partial charge in [-0.25, -0.2) is 18.1 Å². The maximum absolute atomic E-state index is 11.5. The Kier molecular flexibility index (Phi) is 2.09. The van der Waals surface area contributed by atoms with Crippen LogP contribution in [0.4, 0.5) is 0 Å². The van der Waals surface area contributed by atoms with Crippen LogP contribution in [-0.4, -0.2) is 24.4 Å². The molecule has 0 aliphatic heterocycles. The molecule has 1 aromatic heterocycles. The summed E-state index contributed by atoms with van der Waals surface area (Å²) in [5, 5.41) is 0.138. The van der Waals surface area contributed by atoms with Gasteiger partial charge >= 0.3 is 0 Å². The van der Waals surface area contributed by atoms with Crippen LogP contribution >= 0.6 is 0 Å². The van der Waals surface area contributed by atoms with E-state index in [2.05, 4.69) is 14.7 Å². The average molecular weight is 201 g/mol. The molecule has 0 spiro atoms. The Labute approximate surface area is 76.6 Å². The fourth-order valence-corrected chi connectivity index (χ4v) is 2.41. The lowest BCUT2D eigenvalue weighted by Crippen LogP contribution is -2.39. The number of aromatic nitrogens is 2. The third-order valence-electron chi connectivity index (χ3n) is 2.19. The van der Waals surface area contributed by atoms with Gasteiger partial charge in [0, 0.05) is 6.04 Å². The van der Waals surface area contributed by atoms with Crippen LogP contribution in [0.15, 0.2) is 17.6 Å². The molecule has 0 radical (unpaired) electrons. The minimum atomic E-state index is -3.35. The molecule has 72 valence electrons. The van der Waals surface area contributed by atoms with E-state index < -0.39 is 10.0 Å². The normalized spacial score (nSPS) is 18.5. The van der Waals surface area contributed by atoms with Gasteiger partial charge < -0.3 is 4.98 Å². The van der Waals surface area contributed by atoms with Crippen molar-refractivity contribution in [2.75, 3.05) is 0 Å². The highest BCUT2D eigenvalue weighted by atomic mass is 32.2. The molecule has 0 unspecified atom stereocenters. The quantitative estimate of drug-likeness (QED) is 0.735. The summed E-state index contributed by atoms with van der Waals surface area (Å²) < 4.78 is 25.6. The van der Waals surface area contributed by atoms with Crippen molar-refractivity contribution in [1.82, 2.24) is 14.7 Å². The van der Waals surface area contributed by atoms with Crippen molar-refractivity contribution >= 4 is 10.0 Å². The molecule has 13 heavy (non-hydrogen) atoms. The van der Waals surface area contributed by atoms with Gasteiger partial charge in [0.2, 0.25) is 0 Å². The van der Waals surface area contributed by atoms with Crippen LogP contribution < -0.4 is 4.72 Å². The molecule has 5 nitrogen and oxygen atoms in total. The van der Waals surface area contributed by atoms with E-state index >= 15 is 0 Å². The van der Waals surface area contributed by atoms with Gasteiger partial charge in [-0.15, -0.1) is 0 Å². The Hall–Kier alpha value is -0.880. The molecule has 2 rings (SSSR count). The maximum Gasteiger partial charge on any atom is 0.257 e. The Morgan fingerprint density at radius 1 is 1.54 bits per heavy atom. The SMILES string of the molecule is O=S(=O)(NC1CCC1)c1cnc[nH]1. The zero-order chi connectivity index (χ0) is 9.31. The van der Waals surface area contributed by atoms with E-state index in [4.69, 9.17) is 0 Å². The summed E-state index contributed by atoms with van der Waals surface area (Å²) in [7, 11) is -3.35. The molecule has 1 fully saturated rings. The standard InChI is InChI=1S/C7H11N3O2S/c11-13(12,7-4-8-5-9-7)10-6-2-1-3-6/h4-6,10H,1-3H2,(H,8,9). The highest BCUT2D eigenvalue weighted by molar-refractivity contribution is 7.89. The van der Waals surface area contributed by atoms with Crippen LogP contribution in [0, 0.1) is 0 Å². The molecule has 0 atom stereocenters. The first-order valence-corrected chi connectivity index (χ1v) is 5.67. The van der Waals surface area contributed by atoms with E-state index in [1.165, 1.54) is 12.5 Å².